The third-order valence-electron chi connectivity index (χ3n) is 3.46. The van der Waals surface area contributed by atoms with Crippen molar-refractivity contribution in [2.24, 2.45) is 0 Å². The van der Waals surface area contributed by atoms with Crippen molar-refractivity contribution in [1.29, 1.82) is 0 Å². The first-order chi connectivity index (χ1) is 9.15. The van der Waals surface area contributed by atoms with Crippen LogP contribution in [-0.4, -0.2) is 27.6 Å². The number of aliphatic hydroxyl groups is 1. The lowest BCUT2D eigenvalue weighted by molar-refractivity contribution is -0.384. The molecule has 0 aliphatic heterocycles. The minimum Gasteiger partial charge on any atom is -0.391 e. The SMILES string of the molecule is CC(C(=O)NC(C)(C)C(C)O)c1cccc([N+](=O)[O-])c1. The first-order valence-corrected chi connectivity index (χ1v) is 6.39. The summed E-state index contributed by atoms with van der Waals surface area (Å²) in [6.45, 7) is 6.70. The summed E-state index contributed by atoms with van der Waals surface area (Å²) in [5.74, 6) is -0.815. The van der Waals surface area contributed by atoms with Crippen molar-refractivity contribution in [2.45, 2.75) is 45.3 Å². The number of rotatable bonds is 5. The molecule has 0 heterocycles. The summed E-state index contributed by atoms with van der Waals surface area (Å²) in [5.41, 5.74) is -0.235. The quantitative estimate of drug-likeness (QED) is 0.637. The van der Waals surface area contributed by atoms with Crippen LogP contribution in [0.5, 0.6) is 0 Å². The second kappa shape index (κ2) is 6.00. The Morgan fingerprint density at radius 2 is 2.00 bits per heavy atom. The van der Waals surface area contributed by atoms with Crippen LogP contribution < -0.4 is 5.32 Å². The average molecular weight is 280 g/mol. The number of hydrogen-bond donors (Lipinski definition) is 2. The lowest BCUT2D eigenvalue weighted by Gasteiger charge is -2.30. The monoisotopic (exact) mass is 280 g/mol. The van der Waals surface area contributed by atoms with Crippen LogP contribution in [0, 0.1) is 10.1 Å². The number of carbonyl (C=O) groups excluding carboxylic acids is 1. The summed E-state index contributed by atoms with van der Waals surface area (Å²) >= 11 is 0. The maximum absolute atomic E-state index is 12.2. The van der Waals surface area contributed by atoms with Crippen LogP contribution >= 0.6 is 0 Å². The number of hydrogen-bond acceptors (Lipinski definition) is 4. The molecule has 6 nitrogen and oxygen atoms in total. The molecule has 0 radical (unpaired) electrons. The molecule has 110 valence electrons. The normalized spacial score (nSPS) is 14.4. The number of nitro benzene ring substituents is 1. The standard InChI is InChI=1S/C14H20N2O4/c1-9(13(18)15-14(3,4)10(2)17)11-6-5-7-12(8-11)16(19)20/h5-10,17H,1-4H3,(H,15,18). The summed E-state index contributed by atoms with van der Waals surface area (Å²) in [5, 5.41) is 23.1. The van der Waals surface area contributed by atoms with E-state index in [2.05, 4.69) is 5.32 Å². The van der Waals surface area contributed by atoms with Crippen LogP contribution in [0.15, 0.2) is 24.3 Å². The number of aliphatic hydroxyl groups excluding tert-OH is 1. The molecular weight excluding hydrogens is 260 g/mol. The van der Waals surface area contributed by atoms with Crippen molar-refractivity contribution in [3.8, 4) is 0 Å². The molecule has 20 heavy (non-hydrogen) atoms. The van der Waals surface area contributed by atoms with Gasteiger partial charge in [-0.2, -0.15) is 0 Å². The molecule has 1 rings (SSSR count). The number of nitrogens with one attached hydrogen (secondary N) is 1. The van der Waals surface area contributed by atoms with E-state index in [1.807, 2.05) is 0 Å². The fourth-order valence-electron chi connectivity index (χ4n) is 1.59. The molecule has 0 bridgehead atoms. The zero-order valence-electron chi connectivity index (χ0n) is 12.1. The lowest BCUT2D eigenvalue weighted by atomic mass is 9.95. The Hall–Kier alpha value is -1.95. The molecule has 1 aromatic rings. The zero-order chi connectivity index (χ0) is 15.5. The van der Waals surface area contributed by atoms with Gasteiger partial charge in [0.1, 0.15) is 0 Å². The highest BCUT2D eigenvalue weighted by atomic mass is 16.6. The van der Waals surface area contributed by atoms with Crippen molar-refractivity contribution >= 4 is 11.6 Å². The molecule has 0 saturated heterocycles. The number of benzene rings is 1. The Kier molecular flexibility index (Phi) is 4.83. The minimum atomic E-state index is -0.758. The van der Waals surface area contributed by atoms with Crippen molar-refractivity contribution in [2.75, 3.05) is 0 Å². The van der Waals surface area contributed by atoms with E-state index in [9.17, 15) is 20.0 Å². The topological polar surface area (TPSA) is 92.5 Å². The number of carbonyl (C=O) groups is 1. The summed E-state index contributed by atoms with van der Waals surface area (Å²) in [4.78, 5) is 22.4. The van der Waals surface area contributed by atoms with Crippen molar-refractivity contribution in [1.82, 2.24) is 5.32 Å². The van der Waals surface area contributed by atoms with E-state index in [1.165, 1.54) is 12.1 Å². The minimum absolute atomic E-state index is 0.0445. The number of non-ortho nitro benzene ring substituents is 1. The zero-order valence-corrected chi connectivity index (χ0v) is 12.1. The lowest BCUT2D eigenvalue weighted by Crippen LogP contribution is -2.52. The Morgan fingerprint density at radius 3 is 2.50 bits per heavy atom. The predicted octanol–water partition coefficient (Wildman–Crippen LogP) is 1.97. The van der Waals surface area contributed by atoms with Gasteiger partial charge in [-0.05, 0) is 33.3 Å². The summed E-state index contributed by atoms with van der Waals surface area (Å²) < 4.78 is 0. The first kappa shape index (κ1) is 16.1. The first-order valence-electron chi connectivity index (χ1n) is 6.39. The van der Waals surface area contributed by atoms with Crippen molar-refractivity contribution in [3.63, 3.8) is 0 Å². The smallest absolute Gasteiger partial charge is 0.269 e. The Labute approximate surface area is 118 Å². The molecule has 0 saturated carbocycles. The summed E-state index contributed by atoms with van der Waals surface area (Å²) in [7, 11) is 0. The molecule has 0 aliphatic rings. The van der Waals surface area contributed by atoms with Crippen molar-refractivity contribution < 1.29 is 14.8 Å². The highest BCUT2D eigenvalue weighted by Crippen LogP contribution is 2.22. The average Bonchev–Trinajstić information content (AvgIpc) is 2.37. The Morgan fingerprint density at radius 1 is 1.40 bits per heavy atom. The van der Waals surface area contributed by atoms with Crippen LogP contribution in [0.3, 0.4) is 0 Å². The van der Waals surface area contributed by atoms with Gasteiger partial charge >= 0.3 is 0 Å². The van der Waals surface area contributed by atoms with Gasteiger partial charge in [0.05, 0.1) is 22.5 Å². The van der Waals surface area contributed by atoms with Gasteiger partial charge in [0.25, 0.3) is 5.69 Å². The molecule has 6 heteroatoms. The van der Waals surface area contributed by atoms with Crippen molar-refractivity contribution in [3.05, 3.63) is 39.9 Å². The highest BCUT2D eigenvalue weighted by molar-refractivity contribution is 5.84. The second-order valence-electron chi connectivity index (χ2n) is 5.46. The fourth-order valence-corrected chi connectivity index (χ4v) is 1.59. The molecule has 2 unspecified atom stereocenters. The van der Waals surface area contributed by atoms with Gasteiger partial charge in [-0.3, -0.25) is 14.9 Å². The molecule has 1 aromatic carbocycles. The molecule has 0 fully saturated rings. The number of nitro groups is 1. The molecule has 0 aliphatic carbocycles. The van der Waals surface area contributed by atoms with E-state index in [0.717, 1.165) is 0 Å². The van der Waals surface area contributed by atoms with Crippen LogP contribution in [0.2, 0.25) is 0 Å². The fraction of sp³-hybridized carbons (Fsp3) is 0.500. The maximum Gasteiger partial charge on any atom is 0.269 e. The number of nitrogens with zero attached hydrogens (tertiary/aromatic N) is 1. The summed E-state index contributed by atoms with van der Waals surface area (Å²) in [6, 6.07) is 6.00. The maximum atomic E-state index is 12.2. The third kappa shape index (κ3) is 3.77. The van der Waals surface area contributed by atoms with Crippen LogP contribution in [-0.2, 0) is 4.79 Å². The van der Waals surface area contributed by atoms with Gasteiger partial charge in [-0.25, -0.2) is 0 Å². The van der Waals surface area contributed by atoms with Gasteiger partial charge in [0.2, 0.25) is 5.91 Å². The largest absolute Gasteiger partial charge is 0.391 e. The van der Waals surface area contributed by atoms with Crippen LogP contribution in [0.4, 0.5) is 5.69 Å². The summed E-state index contributed by atoms with van der Waals surface area (Å²) in [6.07, 6.45) is -0.705. The van der Waals surface area contributed by atoms with Gasteiger partial charge in [0, 0.05) is 12.1 Å². The molecule has 2 atom stereocenters. The molecule has 1 amide bonds. The Bertz CT molecular complexity index is 512. The van der Waals surface area contributed by atoms with E-state index < -0.39 is 22.5 Å². The molecule has 2 N–H and O–H groups in total. The van der Waals surface area contributed by atoms with E-state index >= 15 is 0 Å². The highest BCUT2D eigenvalue weighted by Gasteiger charge is 2.28. The van der Waals surface area contributed by atoms with Gasteiger partial charge in [0.15, 0.2) is 0 Å². The van der Waals surface area contributed by atoms with Crippen LogP contribution in [0.25, 0.3) is 0 Å². The van der Waals surface area contributed by atoms with Crippen LogP contribution in [0.1, 0.15) is 39.2 Å². The molecule has 0 aromatic heterocycles. The van der Waals surface area contributed by atoms with E-state index in [-0.39, 0.29) is 11.6 Å². The van der Waals surface area contributed by atoms with E-state index in [1.54, 1.807) is 39.8 Å². The predicted molar refractivity (Wildman–Crippen MR) is 75.4 cm³/mol. The second-order valence-corrected chi connectivity index (χ2v) is 5.46. The molecular formula is C14H20N2O4. The van der Waals surface area contributed by atoms with Gasteiger partial charge in [-0.1, -0.05) is 12.1 Å². The number of amides is 1. The van der Waals surface area contributed by atoms with Gasteiger partial charge in [-0.15, -0.1) is 0 Å². The Balaban J connectivity index is 2.90. The van der Waals surface area contributed by atoms with E-state index in [0.29, 0.717) is 5.56 Å². The molecule has 0 spiro atoms. The van der Waals surface area contributed by atoms with E-state index in [4.69, 9.17) is 0 Å². The third-order valence-corrected chi connectivity index (χ3v) is 3.46. The van der Waals surface area contributed by atoms with Gasteiger partial charge < -0.3 is 10.4 Å².